The molecule has 0 aliphatic heterocycles. The Kier molecular flexibility index (Phi) is 5.76. The normalized spacial score (nSPS) is 12.3. The molecule has 0 aliphatic carbocycles. The van der Waals surface area contributed by atoms with Crippen LogP contribution in [0.1, 0.15) is 32.4 Å². The summed E-state index contributed by atoms with van der Waals surface area (Å²) in [5.74, 6) is 0.0637. The van der Waals surface area contributed by atoms with E-state index in [4.69, 9.17) is 10.5 Å². The zero-order valence-electron chi connectivity index (χ0n) is 11.6. The second-order valence-electron chi connectivity index (χ2n) is 4.96. The van der Waals surface area contributed by atoms with Gasteiger partial charge in [0.05, 0.1) is 0 Å². The van der Waals surface area contributed by atoms with Crippen molar-refractivity contribution in [3.05, 3.63) is 29.6 Å². The molecule has 0 bridgehead atoms. The molecule has 0 saturated heterocycles. The fourth-order valence-corrected chi connectivity index (χ4v) is 1.48. The van der Waals surface area contributed by atoms with E-state index in [1.54, 1.807) is 19.1 Å². The molecule has 4 nitrogen and oxygen atoms in total. The van der Waals surface area contributed by atoms with Crippen LogP contribution < -0.4 is 15.8 Å². The first kappa shape index (κ1) is 15.4. The van der Waals surface area contributed by atoms with Gasteiger partial charge in [-0.2, -0.15) is 0 Å². The summed E-state index contributed by atoms with van der Waals surface area (Å²) in [6.45, 7) is 6.19. The zero-order chi connectivity index (χ0) is 14.4. The number of halogens is 1. The third kappa shape index (κ3) is 5.26. The van der Waals surface area contributed by atoms with Crippen LogP contribution >= 0.6 is 0 Å². The van der Waals surface area contributed by atoms with E-state index in [-0.39, 0.29) is 18.6 Å². The molecule has 1 rings (SSSR count). The smallest absolute Gasteiger partial charge is 0.257 e. The van der Waals surface area contributed by atoms with E-state index in [9.17, 15) is 9.18 Å². The van der Waals surface area contributed by atoms with Gasteiger partial charge in [0.25, 0.3) is 5.91 Å². The van der Waals surface area contributed by atoms with Gasteiger partial charge in [-0.15, -0.1) is 0 Å². The SMILES string of the molecule is CC(C)CNC(=O)COc1ccc([C@H](C)N)c(F)c1. The lowest BCUT2D eigenvalue weighted by atomic mass is 10.1. The van der Waals surface area contributed by atoms with E-state index >= 15 is 0 Å². The number of nitrogens with two attached hydrogens (primary N) is 1. The summed E-state index contributed by atoms with van der Waals surface area (Å²) in [5, 5.41) is 2.72. The first-order valence-electron chi connectivity index (χ1n) is 6.34. The van der Waals surface area contributed by atoms with E-state index in [1.165, 1.54) is 6.07 Å². The molecule has 0 fully saturated rings. The average Bonchev–Trinajstić information content (AvgIpc) is 2.33. The summed E-state index contributed by atoms with van der Waals surface area (Å²) in [7, 11) is 0. The van der Waals surface area contributed by atoms with Crippen LogP contribution in [-0.4, -0.2) is 19.1 Å². The zero-order valence-corrected chi connectivity index (χ0v) is 11.6. The highest BCUT2D eigenvalue weighted by molar-refractivity contribution is 5.77. The average molecular weight is 268 g/mol. The van der Waals surface area contributed by atoms with Crippen molar-refractivity contribution in [3.63, 3.8) is 0 Å². The molecule has 0 radical (unpaired) electrons. The van der Waals surface area contributed by atoms with Crippen LogP contribution in [0, 0.1) is 11.7 Å². The number of hydrogen-bond acceptors (Lipinski definition) is 3. The summed E-state index contributed by atoms with van der Waals surface area (Å²) >= 11 is 0. The van der Waals surface area contributed by atoms with Gasteiger partial charge in [-0.25, -0.2) is 4.39 Å². The van der Waals surface area contributed by atoms with Gasteiger partial charge in [0.2, 0.25) is 0 Å². The second-order valence-corrected chi connectivity index (χ2v) is 4.96. The summed E-state index contributed by atoms with van der Waals surface area (Å²) in [4.78, 5) is 11.4. The molecule has 0 saturated carbocycles. The summed E-state index contributed by atoms with van der Waals surface area (Å²) < 4.78 is 18.8. The highest BCUT2D eigenvalue weighted by Gasteiger charge is 2.09. The van der Waals surface area contributed by atoms with Gasteiger partial charge in [0, 0.05) is 24.2 Å². The molecular formula is C14H21FN2O2. The molecule has 5 heteroatoms. The Bertz CT molecular complexity index is 433. The van der Waals surface area contributed by atoms with Crippen LogP contribution in [0.2, 0.25) is 0 Å². The van der Waals surface area contributed by atoms with Crippen molar-refractivity contribution in [2.75, 3.05) is 13.2 Å². The van der Waals surface area contributed by atoms with Crippen molar-refractivity contribution in [2.45, 2.75) is 26.8 Å². The number of nitrogens with one attached hydrogen (secondary N) is 1. The topological polar surface area (TPSA) is 64.3 Å². The van der Waals surface area contributed by atoms with Crippen molar-refractivity contribution < 1.29 is 13.9 Å². The first-order chi connectivity index (χ1) is 8.90. The Morgan fingerprint density at radius 1 is 1.42 bits per heavy atom. The predicted octanol–water partition coefficient (Wildman–Crippen LogP) is 2.00. The molecule has 0 aliphatic rings. The summed E-state index contributed by atoms with van der Waals surface area (Å²) in [6, 6.07) is 4.05. The lowest BCUT2D eigenvalue weighted by Gasteiger charge is -2.11. The van der Waals surface area contributed by atoms with Gasteiger partial charge < -0.3 is 15.8 Å². The Balaban J connectivity index is 2.50. The number of hydrogen-bond donors (Lipinski definition) is 2. The largest absolute Gasteiger partial charge is 0.484 e. The lowest BCUT2D eigenvalue weighted by Crippen LogP contribution is -2.31. The Morgan fingerprint density at radius 2 is 2.11 bits per heavy atom. The number of rotatable bonds is 6. The Hall–Kier alpha value is -1.62. The molecule has 1 aromatic rings. The molecule has 0 heterocycles. The molecule has 1 atom stereocenters. The maximum Gasteiger partial charge on any atom is 0.257 e. The number of carbonyl (C=O) groups is 1. The number of amides is 1. The van der Waals surface area contributed by atoms with E-state index < -0.39 is 5.82 Å². The highest BCUT2D eigenvalue weighted by atomic mass is 19.1. The van der Waals surface area contributed by atoms with Crippen molar-refractivity contribution in [1.82, 2.24) is 5.32 Å². The van der Waals surface area contributed by atoms with Gasteiger partial charge in [-0.3, -0.25) is 4.79 Å². The Labute approximate surface area is 113 Å². The quantitative estimate of drug-likeness (QED) is 0.829. The summed E-state index contributed by atoms with van der Waals surface area (Å²) in [6.07, 6.45) is 0. The molecule has 0 aromatic heterocycles. The molecule has 1 aromatic carbocycles. The number of benzene rings is 1. The first-order valence-corrected chi connectivity index (χ1v) is 6.34. The lowest BCUT2D eigenvalue weighted by molar-refractivity contribution is -0.123. The molecule has 1 amide bonds. The minimum atomic E-state index is -0.421. The molecule has 106 valence electrons. The van der Waals surface area contributed by atoms with Gasteiger partial charge in [-0.1, -0.05) is 19.9 Å². The van der Waals surface area contributed by atoms with Crippen molar-refractivity contribution in [3.8, 4) is 5.75 Å². The van der Waals surface area contributed by atoms with E-state index in [1.807, 2.05) is 13.8 Å². The van der Waals surface area contributed by atoms with E-state index in [0.29, 0.717) is 23.8 Å². The van der Waals surface area contributed by atoms with E-state index in [2.05, 4.69) is 5.32 Å². The third-order valence-electron chi connectivity index (χ3n) is 2.54. The van der Waals surface area contributed by atoms with Crippen molar-refractivity contribution >= 4 is 5.91 Å². The minimum absolute atomic E-state index is 0.121. The third-order valence-corrected chi connectivity index (χ3v) is 2.54. The minimum Gasteiger partial charge on any atom is -0.484 e. The molecule has 3 N–H and O–H groups in total. The second kappa shape index (κ2) is 7.09. The predicted molar refractivity (Wildman–Crippen MR) is 72.3 cm³/mol. The van der Waals surface area contributed by atoms with Crippen LogP contribution in [0.5, 0.6) is 5.75 Å². The van der Waals surface area contributed by atoms with Gasteiger partial charge in [0.1, 0.15) is 11.6 Å². The number of carbonyl (C=O) groups excluding carboxylic acids is 1. The van der Waals surface area contributed by atoms with Crippen LogP contribution in [0.15, 0.2) is 18.2 Å². The standard InChI is InChI=1S/C14H21FN2O2/c1-9(2)7-17-14(18)8-19-11-4-5-12(10(3)16)13(15)6-11/h4-6,9-10H,7-8,16H2,1-3H3,(H,17,18)/t10-/m0/s1. The summed E-state index contributed by atoms with van der Waals surface area (Å²) in [5.41, 5.74) is 6.04. The number of ether oxygens (including phenoxy) is 1. The van der Waals surface area contributed by atoms with Crippen molar-refractivity contribution in [2.24, 2.45) is 11.7 Å². The van der Waals surface area contributed by atoms with Gasteiger partial charge in [-0.05, 0) is 18.9 Å². The van der Waals surface area contributed by atoms with Gasteiger partial charge in [0.15, 0.2) is 6.61 Å². The maximum atomic E-state index is 13.6. The van der Waals surface area contributed by atoms with Crippen LogP contribution in [-0.2, 0) is 4.79 Å². The van der Waals surface area contributed by atoms with Crippen LogP contribution in [0.25, 0.3) is 0 Å². The monoisotopic (exact) mass is 268 g/mol. The maximum absolute atomic E-state index is 13.6. The van der Waals surface area contributed by atoms with Crippen LogP contribution in [0.3, 0.4) is 0 Å². The fourth-order valence-electron chi connectivity index (χ4n) is 1.48. The molecular weight excluding hydrogens is 247 g/mol. The van der Waals surface area contributed by atoms with E-state index in [0.717, 1.165) is 0 Å². The fraction of sp³-hybridized carbons (Fsp3) is 0.500. The highest BCUT2D eigenvalue weighted by Crippen LogP contribution is 2.20. The molecule has 0 spiro atoms. The molecule has 0 unspecified atom stereocenters. The van der Waals surface area contributed by atoms with Gasteiger partial charge >= 0.3 is 0 Å². The van der Waals surface area contributed by atoms with Crippen molar-refractivity contribution in [1.29, 1.82) is 0 Å². The Morgan fingerprint density at radius 3 is 2.63 bits per heavy atom. The van der Waals surface area contributed by atoms with Crippen LogP contribution in [0.4, 0.5) is 4.39 Å². The molecule has 19 heavy (non-hydrogen) atoms.